The van der Waals surface area contributed by atoms with Gasteiger partial charge in [-0.1, -0.05) is 76.3 Å². The SMILES string of the molecule is C#CCC[C@H]([NH2+]C(=O)C(CC(=O)N(C)CCc1ncc[nH]1)Cc1ccccc1)C(=O)N[C@@H](CC1CCCCC1)[C@@H](O)[C@@H](O)CC(C)C. The maximum atomic E-state index is 13.9. The van der Waals surface area contributed by atoms with Crippen molar-refractivity contribution >= 4 is 17.7 Å². The molecule has 0 saturated heterocycles. The molecule has 0 bridgehead atoms. The number of nitrogens with two attached hydrogens (primary N) is 1. The van der Waals surface area contributed by atoms with Crippen LogP contribution in [0.1, 0.15) is 89.4 Å². The molecule has 10 heteroatoms. The minimum atomic E-state index is -1.13. The number of carbonyl (C=O) groups excluding carboxylic acids is 3. The van der Waals surface area contributed by atoms with Crippen LogP contribution in [0, 0.1) is 30.1 Å². The van der Waals surface area contributed by atoms with E-state index in [4.69, 9.17) is 6.42 Å². The van der Waals surface area contributed by atoms with Crippen LogP contribution in [0.15, 0.2) is 42.7 Å². The number of imidazole rings is 1. The third kappa shape index (κ3) is 13.3. The van der Waals surface area contributed by atoms with Gasteiger partial charge in [0.1, 0.15) is 11.9 Å². The number of hydrogen-bond donors (Lipinski definition) is 5. The molecule has 1 unspecified atom stereocenters. The summed E-state index contributed by atoms with van der Waals surface area (Å²) in [4.78, 5) is 50.0. The van der Waals surface area contributed by atoms with Gasteiger partial charge in [0, 0.05) is 51.7 Å². The molecule has 1 aliphatic carbocycles. The van der Waals surface area contributed by atoms with E-state index in [9.17, 15) is 24.6 Å². The Bertz CT molecular complexity index is 1260. The van der Waals surface area contributed by atoms with Gasteiger partial charge in [0.05, 0.1) is 18.1 Å². The van der Waals surface area contributed by atoms with Crippen LogP contribution in [0.2, 0.25) is 0 Å². The van der Waals surface area contributed by atoms with Crippen LogP contribution >= 0.6 is 0 Å². The number of amides is 3. The van der Waals surface area contributed by atoms with Crippen molar-refractivity contribution in [3.05, 3.63) is 54.1 Å². The van der Waals surface area contributed by atoms with Gasteiger partial charge in [0.2, 0.25) is 5.91 Å². The van der Waals surface area contributed by atoms with Crippen LogP contribution in [0.3, 0.4) is 0 Å². The van der Waals surface area contributed by atoms with Crippen LogP contribution in [0.25, 0.3) is 0 Å². The molecule has 1 aliphatic rings. The lowest BCUT2D eigenvalue weighted by Crippen LogP contribution is -2.97. The van der Waals surface area contributed by atoms with Crippen molar-refractivity contribution in [1.82, 2.24) is 20.2 Å². The zero-order valence-corrected chi connectivity index (χ0v) is 28.4. The Kier molecular flexibility index (Phi) is 16.1. The van der Waals surface area contributed by atoms with E-state index in [0.717, 1.165) is 37.1 Å². The number of hydrogen-bond acceptors (Lipinski definition) is 6. The fourth-order valence-electron chi connectivity index (χ4n) is 6.48. The van der Waals surface area contributed by atoms with E-state index in [-0.39, 0.29) is 37.0 Å². The average molecular weight is 651 g/mol. The number of primary amides is 1. The summed E-state index contributed by atoms with van der Waals surface area (Å²) in [6.07, 6.45) is 14.7. The molecule has 258 valence electrons. The van der Waals surface area contributed by atoms with Crippen molar-refractivity contribution in [3.8, 4) is 12.3 Å². The Morgan fingerprint density at radius 3 is 2.51 bits per heavy atom. The topological polar surface area (TPSA) is 152 Å². The zero-order valence-electron chi connectivity index (χ0n) is 28.4. The second kappa shape index (κ2) is 20.0. The number of aliphatic hydroxyl groups is 2. The van der Waals surface area contributed by atoms with E-state index in [1.807, 2.05) is 44.2 Å². The Morgan fingerprint density at radius 1 is 1.15 bits per heavy atom. The van der Waals surface area contributed by atoms with Crippen molar-refractivity contribution in [2.45, 2.75) is 115 Å². The van der Waals surface area contributed by atoms with Crippen LogP contribution in [0.5, 0.6) is 0 Å². The van der Waals surface area contributed by atoms with Gasteiger partial charge in [0.25, 0.3) is 5.91 Å². The quantitative estimate of drug-likeness (QED) is 0.148. The number of aliphatic hydroxyl groups excluding tert-OH is 2. The zero-order chi connectivity index (χ0) is 34.2. The number of likely N-dealkylation sites (N-methyl/N-ethyl adjacent to an activating group) is 1. The van der Waals surface area contributed by atoms with Crippen molar-refractivity contribution in [1.29, 1.82) is 0 Å². The van der Waals surface area contributed by atoms with Gasteiger partial charge in [-0.25, -0.2) is 9.78 Å². The number of nitrogens with zero attached hydrogens (tertiary/aromatic N) is 2. The number of aromatic nitrogens is 2. The highest BCUT2D eigenvalue weighted by molar-refractivity contribution is 5.85. The molecule has 0 radical (unpaired) electrons. The first kappa shape index (κ1) is 37.9. The second-order valence-corrected chi connectivity index (χ2v) is 13.7. The van der Waals surface area contributed by atoms with Crippen molar-refractivity contribution in [2.24, 2.45) is 17.8 Å². The van der Waals surface area contributed by atoms with E-state index >= 15 is 0 Å². The van der Waals surface area contributed by atoms with Gasteiger partial charge in [0.15, 0.2) is 6.04 Å². The predicted octanol–water partition coefficient (Wildman–Crippen LogP) is 2.75. The summed E-state index contributed by atoms with van der Waals surface area (Å²) in [5.41, 5.74) is 0.921. The molecule has 1 aromatic carbocycles. The monoisotopic (exact) mass is 650 g/mol. The average Bonchev–Trinajstić information content (AvgIpc) is 3.59. The number of H-pyrrole nitrogens is 1. The molecule has 0 aliphatic heterocycles. The van der Waals surface area contributed by atoms with E-state index in [2.05, 4.69) is 21.2 Å². The molecule has 3 amide bonds. The second-order valence-electron chi connectivity index (χ2n) is 13.7. The predicted molar refractivity (Wildman–Crippen MR) is 182 cm³/mol. The van der Waals surface area contributed by atoms with Crippen molar-refractivity contribution in [3.63, 3.8) is 0 Å². The number of quaternary nitrogens is 1. The lowest BCUT2D eigenvalue weighted by atomic mass is 9.82. The number of rotatable bonds is 19. The van der Waals surface area contributed by atoms with Crippen LogP contribution < -0.4 is 10.6 Å². The number of benzene rings is 1. The van der Waals surface area contributed by atoms with Gasteiger partial charge in [-0.05, 0) is 36.7 Å². The highest BCUT2D eigenvalue weighted by Gasteiger charge is 2.36. The Morgan fingerprint density at radius 2 is 1.87 bits per heavy atom. The molecule has 5 atom stereocenters. The van der Waals surface area contributed by atoms with Crippen LogP contribution in [0.4, 0.5) is 0 Å². The summed E-state index contributed by atoms with van der Waals surface area (Å²) >= 11 is 0. The van der Waals surface area contributed by atoms with Crippen molar-refractivity contribution in [2.75, 3.05) is 13.6 Å². The number of terminal acetylenes is 1. The summed E-state index contributed by atoms with van der Waals surface area (Å²) in [6, 6.07) is 8.05. The summed E-state index contributed by atoms with van der Waals surface area (Å²) in [6.45, 7) is 4.41. The Balaban J connectivity index is 1.75. The molecule has 47 heavy (non-hydrogen) atoms. The maximum absolute atomic E-state index is 13.9. The van der Waals surface area contributed by atoms with Crippen LogP contribution in [-0.2, 0) is 27.2 Å². The number of nitrogens with one attached hydrogen (secondary N) is 2. The highest BCUT2D eigenvalue weighted by atomic mass is 16.3. The molecule has 6 N–H and O–H groups in total. The Hall–Kier alpha value is -3.52. The standard InChI is InChI=1S/C37H55N5O5/c1-5-6-17-30(37(47)41-31(24-28-15-11-8-12-16-28)35(45)32(43)22-26(2)3)40-36(46)29(23-27-13-9-7-10-14-27)25-34(44)42(4)21-18-33-38-19-20-39-33/h1,7,9-10,13-14,19-20,26,28-32,35,43,45H,6,8,11-12,15-18,21-25H2,2-4H3,(H,38,39)(H,40,46)(H,41,47)/p+1/t29?,30-,31-,32-,35+/m0/s1. The molecule has 1 fully saturated rings. The third-order valence-corrected chi connectivity index (χ3v) is 9.27. The molecular weight excluding hydrogens is 594 g/mol. The van der Waals surface area contributed by atoms with Gasteiger partial charge in [-0.2, -0.15) is 0 Å². The molecule has 1 aromatic heterocycles. The minimum Gasteiger partial charge on any atom is -0.390 e. The highest BCUT2D eigenvalue weighted by Crippen LogP contribution is 2.29. The van der Waals surface area contributed by atoms with E-state index in [1.165, 1.54) is 11.7 Å². The summed E-state index contributed by atoms with van der Waals surface area (Å²) in [7, 11) is 1.72. The van der Waals surface area contributed by atoms with E-state index < -0.39 is 36.1 Å². The third-order valence-electron chi connectivity index (χ3n) is 9.27. The molecule has 0 spiro atoms. The van der Waals surface area contributed by atoms with Gasteiger partial charge in [-0.15, -0.1) is 12.3 Å². The minimum absolute atomic E-state index is 0.00717. The molecular formula is C37H56N5O5+. The normalized spacial score (nSPS) is 16.9. The molecule has 2 aromatic rings. The molecule has 1 saturated carbocycles. The fourth-order valence-corrected chi connectivity index (χ4v) is 6.48. The summed E-state index contributed by atoms with van der Waals surface area (Å²) in [5, 5.41) is 26.5. The Labute approximate surface area is 280 Å². The largest absolute Gasteiger partial charge is 0.390 e. The lowest BCUT2D eigenvalue weighted by Gasteiger charge is -2.33. The first-order chi connectivity index (χ1) is 22.6. The van der Waals surface area contributed by atoms with Gasteiger partial charge >= 0.3 is 5.91 Å². The summed E-state index contributed by atoms with van der Waals surface area (Å²) < 4.78 is 0. The first-order valence-corrected chi connectivity index (χ1v) is 17.3. The smallest absolute Gasteiger partial charge is 0.315 e. The number of carbonyl (C=O) groups is 3. The van der Waals surface area contributed by atoms with Gasteiger partial charge < -0.3 is 25.4 Å². The number of aromatic amines is 1. The van der Waals surface area contributed by atoms with Crippen LogP contribution in [-0.4, -0.2) is 80.7 Å². The molecule has 3 rings (SSSR count). The van der Waals surface area contributed by atoms with E-state index in [0.29, 0.717) is 38.1 Å². The lowest BCUT2D eigenvalue weighted by molar-refractivity contribution is -0.596. The fraction of sp³-hybridized carbons (Fsp3) is 0.622. The van der Waals surface area contributed by atoms with Crippen molar-refractivity contribution < 1.29 is 29.9 Å². The molecule has 1 heterocycles. The molecule has 10 nitrogen and oxygen atoms in total. The first-order valence-electron chi connectivity index (χ1n) is 17.3. The van der Waals surface area contributed by atoms with E-state index in [1.54, 1.807) is 24.3 Å². The summed E-state index contributed by atoms with van der Waals surface area (Å²) in [5.74, 6) is 2.35. The van der Waals surface area contributed by atoms with Gasteiger partial charge in [-0.3, -0.25) is 14.9 Å². The maximum Gasteiger partial charge on any atom is 0.315 e.